The molecule has 0 aromatic heterocycles. The van der Waals surface area contributed by atoms with E-state index in [2.05, 4.69) is 6.58 Å². The van der Waals surface area contributed by atoms with Gasteiger partial charge >= 0.3 is 0 Å². The van der Waals surface area contributed by atoms with Crippen LogP contribution in [0.5, 0.6) is 5.75 Å². The summed E-state index contributed by atoms with van der Waals surface area (Å²) in [6, 6.07) is 12.8. The number of sulfonamides is 1. The molecule has 0 aliphatic rings. The minimum Gasteiger partial charge on any atom is -0.490 e. The lowest BCUT2D eigenvalue weighted by Gasteiger charge is -2.19. The summed E-state index contributed by atoms with van der Waals surface area (Å²) in [6.07, 6.45) is 1.68. The van der Waals surface area contributed by atoms with E-state index in [1.807, 2.05) is 50.2 Å². The van der Waals surface area contributed by atoms with Crippen LogP contribution in [0.25, 0.3) is 0 Å². The van der Waals surface area contributed by atoms with Crippen molar-refractivity contribution in [2.45, 2.75) is 25.3 Å². The topological polar surface area (TPSA) is 46.6 Å². The third kappa shape index (κ3) is 4.24. The van der Waals surface area contributed by atoms with E-state index in [1.54, 1.807) is 19.2 Å². The minimum atomic E-state index is -3.52. The zero-order valence-corrected chi connectivity index (χ0v) is 15.1. The summed E-state index contributed by atoms with van der Waals surface area (Å²) in [5, 5.41) is 0. The van der Waals surface area contributed by atoms with E-state index in [1.165, 1.54) is 4.31 Å². The monoisotopic (exact) mass is 345 g/mol. The molecule has 0 atom stereocenters. The molecule has 0 aliphatic heterocycles. The number of rotatable bonds is 7. The zero-order chi connectivity index (χ0) is 17.7. The third-order valence-corrected chi connectivity index (χ3v) is 5.68. The Hall–Kier alpha value is -2.11. The number of nitrogens with zero attached hydrogens (tertiary/aromatic N) is 1. The first-order chi connectivity index (χ1) is 11.3. The molecule has 5 heteroatoms. The first-order valence-electron chi connectivity index (χ1n) is 7.71. The Morgan fingerprint density at radius 2 is 1.79 bits per heavy atom. The van der Waals surface area contributed by atoms with E-state index in [9.17, 15) is 8.42 Å². The first kappa shape index (κ1) is 18.2. The number of aryl methyl sites for hydroxylation is 2. The van der Waals surface area contributed by atoms with Gasteiger partial charge in [0.1, 0.15) is 12.4 Å². The van der Waals surface area contributed by atoms with Gasteiger partial charge in [0.25, 0.3) is 0 Å². The van der Waals surface area contributed by atoms with Crippen molar-refractivity contribution in [3.8, 4) is 5.75 Å². The maximum atomic E-state index is 12.8. The molecule has 0 saturated heterocycles. The number of ether oxygens (including phenoxy) is 1. The summed E-state index contributed by atoms with van der Waals surface area (Å²) in [4.78, 5) is 0.349. The molecule has 2 rings (SSSR count). The van der Waals surface area contributed by atoms with Crippen LogP contribution in [0.15, 0.2) is 60.0 Å². The molecule has 0 aliphatic carbocycles. The highest BCUT2D eigenvalue weighted by molar-refractivity contribution is 7.89. The summed E-state index contributed by atoms with van der Waals surface area (Å²) in [5.74, 6) is 0.735. The predicted molar refractivity (Wildman–Crippen MR) is 96.7 cm³/mol. The molecule has 0 unspecified atom stereocenters. The van der Waals surface area contributed by atoms with Crippen LogP contribution < -0.4 is 4.74 Å². The van der Waals surface area contributed by atoms with Crippen molar-refractivity contribution in [2.24, 2.45) is 0 Å². The van der Waals surface area contributed by atoms with Crippen molar-refractivity contribution in [1.82, 2.24) is 4.31 Å². The lowest BCUT2D eigenvalue weighted by atomic mass is 10.2. The Labute approximate surface area is 144 Å². The van der Waals surface area contributed by atoms with E-state index >= 15 is 0 Å². The van der Waals surface area contributed by atoms with Gasteiger partial charge < -0.3 is 4.74 Å². The van der Waals surface area contributed by atoms with E-state index in [4.69, 9.17) is 4.74 Å². The highest BCUT2D eigenvalue weighted by atomic mass is 32.2. The first-order valence-corrected chi connectivity index (χ1v) is 9.15. The minimum absolute atomic E-state index is 0.303. The Balaban J connectivity index is 2.15. The van der Waals surface area contributed by atoms with Gasteiger partial charge in [0, 0.05) is 13.6 Å². The Morgan fingerprint density at radius 3 is 2.38 bits per heavy atom. The van der Waals surface area contributed by atoms with Crippen LogP contribution in [-0.4, -0.2) is 26.4 Å². The quantitative estimate of drug-likeness (QED) is 0.719. The van der Waals surface area contributed by atoms with Crippen LogP contribution in [0.3, 0.4) is 0 Å². The van der Waals surface area contributed by atoms with Crippen molar-refractivity contribution >= 4 is 10.0 Å². The van der Waals surface area contributed by atoms with E-state index in [-0.39, 0.29) is 0 Å². The zero-order valence-electron chi connectivity index (χ0n) is 14.3. The molecule has 4 nitrogen and oxygen atoms in total. The lowest BCUT2D eigenvalue weighted by Crippen LogP contribution is -2.27. The molecule has 0 amide bonds. The molecule has 0 radical (unpaired) electrons. The van der Waals surface area contributed by atoms with Crippen LogP contribution in [-0.2, 0) is 16.6 Å². The van der Waals surface area contributed by atoms with Gasteiger partial charge in [-0.25, -0.2) is 8.42 Å². The molecular formula is C19H23NO3S. The van der Waals surface area contributed by atoms with Gasteiger partial charge in [-0.2, -0.15) is 4.31 Å². The van der Waals surface area contributed by atoms with Gasteiger partial charge in [-0.1, -0.05) is 42.5 Å². The Morgan fingerprint density at radius 1 is 1.12 bits per heavy atom. The third-order valence-electron chi connectivity index (χ3n) is 3.72. The molecule has 0 N–H and O–H groups in total. The second kappa shape index (κ2) is 7.64. The second-order valence-corrected chi connectivity index (χ2v) is 7.79. The van der Waals surface area contributed by atoms with Crippen LogP contribution in [0.4, 0.5) is 0 Å². The number of benzene rings is 2. The average Bonchev–Trinajstić information content (AvgIpc) is 2.53. The predicted octanol–water partition coefficient (Wildman–Crippen LogP) is 3.69. The fourth-order valence-electron chi connectivity index (χ4n) is 2.44. The average molecular weight is 345 g/mol. The Bertz CT molecular complexity index is 811. The van der Waals surface area contributed by atoms with Crippen molar-refractivity contribution < 1.29 is 13.2 Å². The van der Waals surface area contributed by atoms with Gasteiger partial charge in [0.05, 0.1) is 4.90 Å². The van der Waals surface area contributed by atoms with Gasteiger partial charge in [0.15, 0.2) is 0 Å². The van der Waals surface area contributed by atoms with Crippen molar-refractivity contribution in [3.05, 3.63) is 71.8 Å². The van der Waals surface area contributed by atoms with Crippen LogP contribution in [0.2, 0.25) is 0 Å². The second-order valence-electron chi connectivity index (χ2n) is 5.77. The van der Waals surface area contributed by atoms with Crippen LogP contribution >= 0.6 is 0 Å². The SMILES string of the molecule is C=CCOc1ccc(CN(C)S(=O)(=O)c2ccc(C)cc2C)cc1. The summed E-state index contributed by atoms with van der Waals surface area (Å²) in [6.45, 7) is 8.12. The molecule has 0 bridgehead atoms. The smallest absolute Gasteiger partial charge is 0.243 e. The molecule has 0 saturated carbocycles. The molecular weight excluding hydrogens is 322 g/mol. The van der Waals surface area contributed by atoms with Crippen molar-refractivity contribution in [1.29, 1.82) is 0 Å². The van der Waals surface area contributed by atoms with E-state index < -0.39 is 10.0 Å². The molecule has 2 aromatic rings. The van der Waals surface area contributed by atoms with Crippen molar-refractivity contribution in [2.75, 3.05) is 13.7 Å². The molecule has 128 valence electrons. The number of hydrogen-bond donors (Lipinski definition) is 0. The highest BCUT2D eigenvalue weighted by Gasteiger charge is 2.22. The van der Waals surface area contributed by atoms with Crippen LogP contribution in [0, 0.1) is 13.8 Å². The molecule has 24 heavy (non-hydrogen) atoms. The van der Waals surface area contributed by atoms with Crippen molar-refractivity contribution in [3.63, 3.8) is 0 Å². The number of hydrogen-bond acceptors (Lipinski definition) is 3. The molecule has 0 heterocycles. The van der Waals surface area contributed by atoms with Gasteiger partial charge in [-0.3, -0.25) is 0 Å². The largest absolute Gasteiger partial charge is 0.490 e. The van der Waals surface area contributed by atoms with Gasteiger partial charge in [-0.05, 0) is 43.2 Å². The normalized spacial score (nSPS) is 11.5. The molecule has 0 spiro atoms. The molecule has 0 fully saturated rings. The summed E-state index contributed by atoms with van der Waals surface area (Å²) < 4.78 is 32.3. The fourth-order valence-corrected chi connectivity index (χ4v) is 3.81. The van der Waals surface area contributed by atoms with E-state index in [0.29, 0.717) is 18.0 Å². The maximum absolute atomic E-state index is 12.8. The van der Waals surface area contributed by atoms with E-state index in [0.717, 1.165) is 22.4 Å². The van der Waals surface area contributed by atoms with Gasteiger partial charge in [0.2, 0.25) is 10.0 Å². The Kier molecular flexibility index (Phi) is 5.80. The molecule has 2 aromatic carbocycles. The standard InChI is InChI=1S/C19H23NO3S/c1-5-12-23-18-9-7-17(8-10-18)14-20(4)24(21,22)19-11-6-15(2)13-16(19)3/h5-11,13H,1,12,14H2,2-4H3. The highest BCUT2D eigenvalue weighted by Crippen LogP contribution is 2.22. The maximum Gasteiger partial charge on any atom is 0.243 e. The summed E-state index contributed by atoms with van der Waals surface area (Å²) in [7, 11) is -1.93. The summed E-state index contributed by atoms with van der Waals surface area (Å²) >= 11 is 0. The lowest BCUT2D eigenvalue weighted by molar-refractivity contribution is 0.363. The fraction of sp³-hybridized carbons (Fsp3) is 0.263. The van der Waals surface area contributed by atoms with Crippen LogP contribution in [0.1, 0.15) is 16.7 Å². The van der Waals surface area contributed by atoms with Gasteiger partial charge in [-0.15, -0.1) is 0 Å². The summed E-state index contributed by atoms with van der Waals surface area (Å²) in [5.41, 5.74) is 2.70.